The van der Waals surface area contributed by atoms with Crippen LogP contribution >= 0.6 is 0 Å². The van der Waals surface area contributed by atoms with Gasteiger partial charge < -0.3 is 5.32 Å². The van der Waals surface area contributed by atoms with E-state index in [4.69, 9.17) is 0 Å². The summed E-state index contributed by atoms with van der Waals surface area (Å²) in [7, 11) is 0. The average Bonchev–Trinajstić information content (AvgIpc) is 2.48. The van der Waals surface area contributed by atoms with E-state index in [9.17, 15) is 0 Å². The molecule has 20 heavy (non-hydrogen) atoms. The molecule has 0 amide bonds. The summed E-state index contributed by atoms with van der Waals surface area (Å²) in [6.07, 6.45) is 14.6. The van der Waals surface area contributed by atoms with Crippen LogP contribution in [-0.2, 0) is 0 Å². The number of nitrogens with one attached hydrogen (secondary N) is 1. The number of hydrogen-bond donors (Lipinski definition) is 1. The first kappa shape index (κ1) is 16.3. The molecule has 0 aromatic heterocycles. The van der Waals surface area contributed by atoms with E-state index in [0.717, 1.165) is 29.7 Å². The highest BCUT2D eigenvalue weighted by Crippen LogP contribution is 2.39. The second-order valence-corrected chi connectivity index (χ2v) is 7.70. The van der Waals surface area contributed by atoms with Crippen LogP contribution in [0, 0.1) is 23.7 Å². The fraction of sp³-hybridized carbons (Fsp3) is 1.00. The monoisotopic (exact) mass is 279 g/mol. The van der Waals surface area contributed by atoms with Crippen molar-refractivity contribution in [3.8, 4) is 0 Å². The number of hydrogen-bond acceptors (Lipinski definition) is 1. The van der Waals surface area contributed by atoms with Gasteiger partial charge in [-0.2, -0.15) is 0 Å². The molecule has 1 N–H and O–H groups in total. The summed E-state index contributed by atoms with van der Waals surface area (Å²) in [6, 6.07) is 0.829. The Labute approximate surface area is 127 Å². The van der Waals surface area contributed by atoms with Crippen LogP contribution in [0.25, 0.3) is 0 Å². The zero-order chi connectivity index (χ0) is 14.4. The first-order chi connectivity index (χ1) is 9.74. The van der Waals surface area contributed by atoms with E-state index in [0.29, 0.717) is 0 Å². The summed E-state index contributed by atoms with van der Waals surface area (Å²) in [6.45, 7) is 8.38. The highest BCUT2D eigenvalue weighted by molar-refractivity contribution is 4.88. The van der Waals surface area contributed by atoms with Gasteiger partial charge in [0.2, 0.25) is 0 Å². The lowest BCUT2D eigenvalue weighted by atomic mass is 9.69. The maximum absolute atomic E-state index is 3.96. The molecule has 118 valence electrons. The van der Waals surface area contributed by atoms with Crippen LogP contribution in [0.15, 0.2) is 0 Å². The van der Waals surface area contributed by atoms with Crippen molar-refractivity contribution in [2.45, 2.75) is 91.0 Å². The predicted octanol–water partition coefficient (Wildman–Crippen LogP) is 5.40. The minimum absolute atomic E-state index is 0.829. The fourth-order valence-corrected chi connectivity index (χ4v) is 4.79. The summed E-state index contributed by atoms with van der Waals surface area (Å²) < 4.78 is 0. The minimum Gasteiger partial charge on any atom is -0.313 e. The van der Waals surface area contributed by atoms with Crippen LogP contribution in [0.4, 0.5) is 0 Å². The third-order valence-corrected chi connectivity index (χ3v) is 6.09. The summed E-state index contributed by atoms with van der Waals surface area (Å²) in [5.74, 6) is 3.93. The van der Waals surface area contributed by atoms with Crippen molar-refractivity contribution in [3.63, 3.8) is 0 Å². The van der Waals surface area contributed by atoms with Gasteiger partial charge in [0.15, 0.2) is 0 Å². The molecule has 0 heterocycles. The molecule has 2 aliphatic carbocycles. The van der Waals surface area contributed by atoms with E-state index in [1.54, 1.807) is 0 Å². The van der Waals surface area contributed by atoms with Crippen LogP contribution in [0.1, 0.15) is 85.0 Å². The lowest BCUT2D eigenvalue weighted by molar-refractivity contribution is 0.136. The van der Waals surface area contributed by atoms with Crippen molar-refractivity contribution in [2.75, 3.05) is 6.54 Å². The van der Waals surface area contributed by atoms with Crippen molar-refractivity contribution >= 4 is 0 Å². The number of rotatable bonds is 6. The summed E-state index contributed by atoms with van der Waals surface area (Å²) in [4.78, 5) is 0. The van der Waals surface area contributed by atoms with Gasteiger partial charge >= 0.3 is 0 Å². The topological polar surface area (TPSA) is 12.0 Å². The van der Waals surface area contributed by atoms with Crippen molar-refractivity contribution in [2.24, 2.45) is 23.7 Å². The highest BCUT2D eigenvalue weighted by atomic mass is 14.9. The summed E-state index contributed by atoms with van der Waals surface area (Å²) in [5, 5.41) is 3.96. The largest absolute Gasteiger partial charge is 0.313 e. The molecule has 0 saturated heterocycles. The van der Waals surface area contributed by atoms with Crippen molar-refractivity contribution in [1.82, 2.24) is 5.32 Å². The Balaban J connectivity index is 1.92. The molecule has 0 bridgehead atoms. The van der Waals surface area contributed by atoms with Gasteiger partial charge in [0, 0.05) is 6.04 Å². The van der Waals surface area contributed by atoms with Crippen LogP contribution in [-0.4, -0.2) is 12.6 Å². The van der Waals surface area contributed by atoms with Gasteiger partial charge in [-0.3, -0.25) is 0 Å². The molecule has 0 aliphatic heterocycles. The Morgan fingerprint density at radius 2 is 1.70 bits per heavy atom. The van der Waals surface area contributed by atoms with Crippen LogP contribution in [0.5, 0.6) is 0 Å². The van der Waals surface area contributed by atoms with E-state index in [1.807, 2.05) is 0 Å². The SMILES string of the molecule is CCCNC(C1CCC(CC)CC1)C1CCCC(C)C1. The molecular weight excluding hydrogens is 242 g/mol. The van der Waals surface area contributed by atoms with E-state index in [1.165, 1.54) is 70.8 Å². The van der Waals surface area contributed by atoms with Gasteiger partial charge in [-0.05, 0) is 62.3 Å². The normalized spacial score (nSPS) is 36.8. The molecule has 1 nitrogen and oxygen atoms in total. The van der Waals surface area contributed by atoms with E-state index < -0.39 is 0 Å². The Hall–Kier alpha value is -0.0400. The van der Waals surface area contributed by atoms with Crippen LogP contribution < -0.4 is 5.32 Å². The molecule has 2 saturated carbocycles. The van der Waals surface area contributed by atoms with Gasteiger partial charge in [0.05, 0.1) is 0 Å². The molecule has 1 heteroatoms. The van der Waals surface area contributed by atoms with E-state index >= 15 is 0 Å². The lowest BCUT2D eigenvalue weighted by Gasteiger charge is -2.41. The third-order valence-electron chi connectivity index (χ3n) is 6.09. The quantitative estimate of drug-likeness (QED) is 0.686. The Kier molecular flexibility index (Phi) is 6.87. The van der Waals surface area contributed by atoms with Crippen LogP contribution in [0.2, 0.25) is 0 Å². The first-order valence-corrected chi connectivity index (χ1v) is 9.47. The van der Waals surface area contributed by atoms with Gasteiger partial charge in [-0.25, -0.2) is 0 Å². The summed E-state index contributed by atoms with van der Waals surface area (Å²) >= 11 is 0. The van der Waals surface area contributed by atoms with Crippen LogP contribution in [0.3, 0.4) is 0 Å². The highest BCUT2D eigenvalue weighted by Gasteiger charge is 2.33. The molecular formula is C19H37N. The Morgan fingerprint density at radius 1 is 0.950 bits per heavy atom. The predicted molar refractivity (Wildman–Crippen MR) is 88.9 cm³/mol. The molecule has 0 radical (unpaired) electrons. The van der Waals surface area contributed by atoms with Gasteiger partial charge in [0.25, 0.3) is 0 Å². The second-order valence-electron chi connectivity index (χ2n) is 7.70. The van der Waals surface area contributed by atoms with E-state index in [-0.39, 0.29) is 0 Å². The zero-order valence-electron chi connectivity index (χ0n) is 14.2. The van der Waals surface area contributed by atoms with Crippen molar-refractivity contribution in [1.29, 1.82) is 0 Å². The molecule has 0 aromatic carbocycles. The summed E-state index contributed by atoms with van der Waals surface area (Å²) in [5.41, 5.74) is 0. The molecule has 2 fully saturated rings. The average molecular weight is 280 g/mol. The first-order valence-electron chi connectivity index (χ1n) is 9.47. The smallest absolute Gasteiger partial charge is 0.0124 e. The van der Waals surface area contributed by atoms with Crippen molar-refractivity contribution in [3.05, 3.63) is 0 Å². The molecule has 0 aromatic rings. The van der Waals surface area contributed by atoms with Gasteiger partial charge in [-0.15, -0.1) is 0 Å². The molecule has 2 aliphatic rings. The molecule has 3 atom stereocenters. The maximum atomic E-state index is 3.96. The third kappa shape index (κ3) is 4.48. The van der Waals surface area contributed by atoms with Gasteiger partial charge in [0.1, 0.15) is 0 Å². The van der Waals surface area contributed by atoms with E-state index in [2.05, 4.69) is 26.1 Å². The van der Waals surface area contributed by atoms with Gasteiger partial charge in [-0.1, -0.05) is 52.9 Å². The Bertz CT molecular complexity index is 254. The fourth-order valence-electron chi connectivity index (χ4n) is 4.79. The lowest BCUT2D eigenvalue weighted by Crippen LogP contribution is -2.45. The zero-order valence-corrected chi connectivity index (χ0v) is 14.2. The standard InChI is InChI=1S/C19H37N/c1-4-13-20-19(18-8-6-7-15(3)14-18)17-11-9-16(5-2)10-12-17/h15-20H,4-14H2,1-3H3. The molecule has 2 rings (SSSR count). The second kappa shape index (κ2) is 8.41. The minimum atomic E-state index is 0.829. The Morgan fingerprint density at radius 3 is 2.30 bits per heavy atom. The van der Waals surface area contributed by atoms with Crippen molar-refractivity contribution < 1.29 is 0 Å². The molecule has 0 spiro atoms. The maximum Gasteiger partial charge on any atom is 0.0124 e. The molecule has 3 unspecified atom stereocenters.